The van der Waals surface area contributed by atoms with E-state index < -0.39 is 42.3 Å². The SMILES string of the molecule is CCCCC/C=C/C/C=C/C/C=C/C/C=C/CCCC(=O)OC[C@H](O)[C@H]1OC(=O)C(O)=C1O. The Labute approximate surface area is 196 Å². The molecule has 33 heavy (non-hydrogen) atoms. The third-order valence-corrected chi connectivity index (χ3v) is 4.91. The van der Waals surface area contributed by atoms with Gasteiger partial charge >= 0.3 is 11.9 Å². The van der Waals surface area contributed by atoms with Crippen LogP contribution in [0.1, 0.15) is 71.1 Å². The smallest absolute Gasteiger partial charge is 0.377 e. The topological polar surface area (TPSA) is 113 Å². The van der Waals surface area contributed by atoms with Crippen LogP contribution in [0.5, 0.6) is 0 Å². The summed E-state index contributed by atoms with van der Waals surface area (Å²) in [5.41, 5.74) is 0. The zero-order valence-electron chi connectivity index (χ0n) is 19.5. The molecule has 2 atom stereocenters. The number of ether oxygens (including phenoxy) is 2. The van der Waals surface area contributed by atoms with E-state index in [-0.39, 0.29) is 6.42 Å². The lowest BCUT2D eigenvalue weighted by atomic mass is 10.2. The normalized spacial score (nSPS) is 17.8. The minimum atomic E-state index is -1.45. The van der Waals surface area contributed by atoms with Gasteiger partial charge in [-0.05, 0) is 44.9 Å². The molecule has 0 saturated heterocycles. The number of cyclic esters (lactones) is 1. The van der Waals surface area contributed by atoms with Crippen LogP contribution in [0, 0.1) is 0 Å². The molecular formula is C26H38O7. The molecule has 1 heterocycles. The van der Waals surface area contributed by atoms with Crippen LogP contribution in [0.3, 0.4) is 0 Å². The summed E-state index contributed by atoms with van der Waals surface area (Å²) in [6.45, 7) is 1.77. The molecule has 7 nitrogen and oxygen atoms in total. The molecule has 0 aromatic carbocycles. The maximum absolute atomic E-state index is 11.7. The summed E-state index contributed by atoms with van der Waals surface area (Å²) in [4.78, 5) is 22.8. The molecule has 0 bridgehead atoms. The molecule has 0 aliphatic carbocycles. The van der Waals surface area contributed by atoms with Gasteiger partial charge in [-0.25, -0.2) is 4.79 Å². The molecule has 0 aromatic rings. The maximum Gasteiger partial charge on any atom is 0.377 e. The van der Waals surface area contributed by atoms with Crippen molar-refractivity contribution < 1.29 is 34.4 Å². The van der Waals surface area contributed by atoms with Gasteiger partial charge in [-0.1, -0.05) is 68.4 Å². The lowest BCUT2D eigenvalue weighted by molar-refractivity contribution is -0.154. The van der Waals surface area contributed by atoms with Crippen molar-refractivity contribution >= 4 is 11.9 Å². The van der Waals surface area contributed by atoms with Gasteiger partial charge in [0.15, 0.2) is 11.9 Å². The van der Waals surface area contributed by atoms with Gasteiger partial charge in [-0.15, -0.1) is 0 Å². The van der Waals surface area contributed by atoms with Crippen molar-refractivity contribution in [3.63, 3.8) is 0 Å². The van der Waals surface area contributed by atoms with Crippen LogP contribution in [-0.4, -0.2) is 46.1 Å². The molecule has 0 radical (unpaired) electrons. The van der Waals surface area contributed by atoms with Crippen LogP contribution in [0.25, 0.3) is 0 Å². The predicted octanol–water partition coefficient (Wildman–Crippen LogP) is 5.29. The number of aliphatic hydroxyl groups is 3. The minimum Gasteiger partial charge on any atom is -0.505 e. The summed E-state index contributed by atoms with van der Waals surface area (Å²) in [5.74, 6) is -3.32. The van der Waals surface area contributed by atoms with Crippen molar-refractivity contribution in [2.75, 3.05) is 6.61 Å². The Hall–Kier alpha value is -2.80. The molecule has 0 amide bonds. The molecule has 1 rings (SSSR count). The van der Waals surface area contributed by atoms with Gasteiger partial charge in [-0.3, -0.25) is 4.79 Å². The van der Waals surface area contributed by atoms with E-state index in [4.69, 9.17) is 4.74 Å². The number of esters is 2. The molecule has 0 fully saturated rings. The van der Waals surface area contributed by atoms with E-state index in [0.29, 0.717) is 6.42 Å². The van der Waals surface area contributed by atoms with Gasteiger partial charge in [0.1, 0.15) is 12.7 Å². The minimum absolute atomic E-state index is 0.183. The van der Waals surface area contributed by atoms with Crippen molar-refractivity contribution in [3.05, 3.63) is 60.1 Å². The van der Waals surface area contributed by atoms with Crippen LogP contribution < -0.4 is 0 Å². The second-order valence-corrected chi connectivity index (χ2v) is 7.79. The summed E-state index contributed by atoms with van der Waals surface area (Å²) in [7, 11) is 0. The molecule has 184 valence electrons. The molecule has 1 aliphatic heterocycles. The number of carbonyl (C=O) groups excluding carboxylic acids is 2. The molecule has 7 heteroatoms. The molecule has 3 N–H and O–H groups in total. The Morgan fingerprint density at radius 1 is 0.939 bits per heavy atom. The van der Waals surface area contributed by atoms with E-state index in [9.17, 15) is 24.9 Å². The molecule has 1 aliphatic rings. The second-order valence-electron chi connectivity index (χ2n) is 7.79. The summed E-state index contributed by atoms with van der Waals surface area (Å²) >= 11 is 0. The highest BCUT2D eigenvalue weighted by Gasteiger charge is 2.39. The van der Waals surface area contributed by atoms with Crippen molar-refractivity contribution in [3.8, 4) is 0 Å². The Bertz CT molecular complexity index is 731. The number of hydrogen-bond acceptors (Lipinski definition) is 7. The molecule has 0 aromatic heterocycles. The average molecular weight is 463 g/mol. The van der Waals surface area contributed by atoms with Crippen LogP contribution in [0.4, 0.5) is 0 Å². The summed E-state index contributed by atoms with van der Waals surface area (Å²) in [6, 6.07) is 0. The van der Waals surface area contributed by atoms with E-state index in [0.717, 1.165) is 25.7 Å². The van der Waals surface area contributed by atoms with Crippen molar-refractivity contribution in [1.29, 1.82) is 0 Å². The van der Waals surface area contributed by atoms with E-state index in [1.807, 2.05) is 12.2 Å². The first-order valence-electron chi connectivity index (χ1n) is 11.7. The highest BCUT2D eigenvalue weighted by atomic mass is 16.6. The van der Waals surface area contributed by atoms with Crippen LogP contribution in [0.2, 0.25) is 0 Å². The fraction of sp³-hybridized carbons (Fsp3) is 0.538. The highest BCUT2D eigenvalue weighted by Crippen LogP contribution is 2.21. The number of hydrogen-bond donors (Lipinski definition) is 3. The summed E-state index contributed by atoms with van der Waals surface area (Å²) < 4.78 is 9.52. The highest BCUT2D eigenvalue weighted by molar-refractivity contribution is 5.89. The number of rotatable bonds is 17. The summed E-state index contributed by atoms with van der Waals surface area (Å²) in [5, 5.41) is 28.5. The standard InChI is InChI=1S/C26H38O7/c1-2-3-4-5-6-7-8-9-10-11-12-13-14-15-16-17-18-19-22(28)32-20-21(27)25-23(29)24(30)26(31)33-25/h6-7,9-10,12-13,15-16,21,25,27,29-30H,2-5,8,11,14,17-20H2,1H3/b7-6+,10-9+,13-12+,16-15+/t21-,25+/m0/s1. The first kappa shape index (κ1) is 28.2. The molecular weight excluding hydrogens is 424 g/mol. The number of aliphatic hydroxyl groups excluding tert-OH is 3. The Balaban J connectivity index is 2.02. The average Bonchev–Trinajstić information content (AvgIpc) is 3.06. The predicted molar refractivity (Wildman–Crippen MR) is 128 cm³/mol. The Morgan fingerprint density at radius 2 is 1.48 bits per heavy atom. The third kappa shape index (κ3) is 12.7. The largest absolute Gasteiger partial charge is 0.505 e. The second kappa shape index (κ2) is 17.7. The zero-order valence-corrected chi connectivity index (χ0v) is 19.5. The quantitative estimate of drug-likeness (QED) is 0.153. The van der Waals surface area contributed by atoms with E-state index in [2.05, 4.69) is 48.1 Å². The van der Waals surface area contributed by atoms with Crippen LogP contribution in [-0.2, 0) is 19.1 Å². The number of carbonyl (C=O) groups is 2. The lowest BCUT2D eigenvalue weighted by Gasteiger charge is -2.17. The van der Waals surface area contributed by atoms with Crippen LogP contribution in [0.15, 0.2) is 60.1 Å². The van der Waals surface area contributed by atoms with Gasteiger partial charge in [0, 0.05) is 6.42 Å². The van der Waals surface area contributed by atoms with Gasteiger partial charge in [0.2, 0.25) is 5.76 Å². The van der Waals surface area contributed by atoms with Gasteiger partial charge < -0.3 is 24.8 Å². The monoisotopic (exact) mass is 462 g/mol. The lowest BCUT2D eigenvalue weighted by Crippen LogP contribution is -2.33. The first-order chi connectivity index (χ1) is 16.0. The maximum atomic E-state index is 11.7. The first-order valence-corrected chi connectivity index (χ1v) is 11.7. The fourth-order valence-electron chi connectivity index (χ4n) is 2.99. The van der Waals surface area contributed by atoms with Gasteiger partial charge in [0.05, 0.1) is 0 Å². The Kier molecular flexibility index (Phi) is 15.2. The molecule has 0 saturated carbocycles. The third-order valence-electron chi connectivity index (χ3n) is 4.91. The van der Waals surface area contributed by atoms with Gasteiger partial charge in [-0.2, -0.15) is 0 Å². The number of unbranched alkanes of at least 4 members (excludes halogenated alkanes) is 4. The van der Waals surface area contributed by atoms with E-state index >= 15 is 0 Å². The molecule has 0 spiro atoms. The van der Waals surface area contributed by atoms with Crippen molar-refractivity contribution in [2.45, 2.75) is 83.3 Å². The van der Waals surface area contributed by atoms with Crippen molar-refractivity contribution in [1.82, 2.24) is 0 Å². The van der Waals surface area contributed by atoms with E-state index in [1.54, 1.807) is 0 Å². The Morgan fingerprint density at radius 3 is 2.00 bits per heavy atom. The number of allylic oxidation sites excluding steroid dienone is 8. The fourth-order valence-corrected chi connectivity index (χ4v) is 2.99. The van der Waals surface area contributed by atoms with Gasteiger partial charge in [0.25, 0.3) is 0 Å². The van der Waals surface area contributed by atoms with E-state index in [1.165, 1.54) is 25.7 Å². The van der Waals surface area contributed by atoms with Crippen LogP contribution >= 0.6 is 0 Å². The summed E-state index contributed by atoms with van der Waals surface area (Å²) in [6.07, 6.45) is 23.5. The van der Waals surface area contributed by atoms with Crippen molar-refractivity contribution in [2.24, 2.45) is 0 Å². The molecule has 0 unspecified atom stereocenters. The zero-order chi connectivity index (χ0) is 24.3.